The maximum Gasteiger partial charge on any atom is 0.173 e. The molecule has 4 nitrogen and oxygen atoms in total. The predicted molar refractivity (Wildman–Crippen MR) is 151 cm³/mol. The third-order valence-electron chi connectivity index (χ3n) is 6.16. The first-order chi connectivity index (χ1) is 17.5. The van der Waals surface area contributed by atoms with E-state index >= 15 is 0 Å². The minimum atomic E-state index is 0. The molecule has 4 aromatic rings. The van der Waals surface area contributed by atoms with E-state index in [1.807, 2.05) is 0 Å². The number of anilines is 2. The van der Waals surface area contributed by atoms with E-state index in [-0.39, 0.29) is 34.0 Å². The molecule has 0 fully saturated rings. The lowest BCUT2D eigenvalue weighted by molar-refractivity contribution is -0.688. The number of pyridine rings is 2. The minimum absolute atomic E-state index is 0. The van der Waals surface area contributed by atoms with Crippen LogP contribution in [0.15, 0.2) is 110 Å². The Balaban J connectivity index is 0.00000253. The normalized spacial score (nSPS) is 10.7. The van der Waals surface area contributed by atoms with Gasteiger partial charge in [-0.05, 0) is 11.1 Å². The highest BCUT2D eigenvalue weighted by atomic mass is 79.9. The number of aromatic nitrogens is 2. The number of hydrogen-bond donors (Lipinski definition) is 0. The van der Waals surface area contributed by atoms with Gasteiger partial charge in [0.05, 0.1) is 0 Å². The topological polar surface area (TPSA) is 14.2 Å². The van der Waals surface area contributed by atoms with Gasteiger partial charge in [-0.2, -0.15) is 0 Å². The van der Waals surface area contributed by atoms with E-state index in [0.29, 0.717) is 0 Å². The van der Waals surface area contributed by atoms with Crippen molar-refractivity contribution in [1.82, 2.24) is 0 Å². The van der Waals surface area contributed by atoms with Crippen LogP contribution < -0.4 is 52.9 Å². The van der Waals surface area contributed by atoms with Crippen LogP contribution in [-0.2, 0) is 13.1 Å². The molecule has 0 aliphatic carbocycles. The third kappa shape index (κ3) is 9.26. The fraction of sp³-hybridized carbons (Fsp3) is 0.188. The van der Waals surface area contributed by atoms with Crippen molar-refractivity contribution < 1.29 is 43.1 Å². The highest BCUT2D eigenvalue weighted by molar-refractivity contribution is 5.57. The Bertz CT molecular complexity index is 1190. The van der Waals surface area contributed by atoms with Gasteiger partial charge in [-0.3, -0.25) is 0 Å². The van der Waals surface area contributed by atoms with Crippen molar-refractivity contribution in [1.29, 1.82) is 0 Å². The first-order valence-corrected chi connectivity index (χ1v) is 12.3. The van der Waals surface area contributed by atoms with Gasteiger partial charge in [0, 0.05) is 75.0 Å². The lowest BCUT2D eigenvalue weighted by Gasteiger charge is -2.10. The van der Waals surface area contributed by atoms with Crippen LogP contribution in [0.1, 0.15) is 22.3 Å². The fourth-order valence-corrected chi connectivity index (χ4v) is 3.93. The molecule has 2 aromatic heterocycles. The summed E-state index contributed by atoms with van der Waals surface area (Å²) in [5.74, 6) is 0. The molecular weight excluding hydrogens is 600 g/mol. The Morgan fingerprint density at radius 3 is 1.11 bits per heavy atom. The van der Waals surface area contributed by atoms with Crippen LogP contribution in [0.3, 0.4) is 0 Å². The molecule has 0 saturated heterocycles. The van der Waals surface area contributed by atoms with E-state index in [1.54, 1.807) is 0 Å². The molecule has 2 heterocycles. The van der Waals surface area contributed by atoms with Crippen molar-refractivity contribution in [2.45, 2.75) is 13.1 Å². The molecule has 0 unspecified atom stereocenters. The van der Waals surface area contributed by atoms with E-state index in [2.05, 4.69) is 169 Å². The molecule has 38 heavy (non-hydrogen) atoms. The molecule has 0 bridgehead atoms. The first kappa shape index (κ1) is 31.0. The van der Waals surface area contributed by atoms with Gasteiger partial charge in [0.15, 0.2) is 37.9 Å². The van der Waals surface area contributed by atoms with Gasteiger partial charge in [-0.25, -0.2) is 9.13 Å². The van der Waals surface area contributed by atoms with Crippen LogP contribution in [0.4, 0.5) is 11.4 Å². The van der Waals surface area contributed by atoms with E-state index in [9.17, 15) is 0 Å². The molecule has 0 spiro atoms. The standard InChI is InChI=1S/C32H36N4.2BrH/c1-33(2)31-17-21-35(22-18-31)25-29-13-9-27(10-14-29)7-5-6-8-28-11-15-30(16-12-28)26-36-23-19-32(20-24-36)34(3)4;;/h5-24H,25-26H2,1-4H3;2*1H/q+2;;/p-2/b7-5-,8-6+;;. The third-order valence-corrected chi connectivity index (χ3v) is 6.16. The Morgan fingerprint density at radius 1 is 0.500 bits per heavy atom. The number of nitrogens with zero attached hydrogens (tertiary/aromatic N) is 4. The summed E-state index contributed by atoms with van der Waals surface area (Å²) in [4.78, 5) is 4.22. The van der Waals surface area contributed by atoms with Gasteiger partial charge in [-0.15, -0.1) is 0 Å². The molecule has 0 N–H and O–H groups in total. The maximum atomic E-state index is 2.20. The van der Waals surface area contributed by atoms with Crippen molar-refractivity contribution in [2.75, 3.05) is 38.0 Å². The van der Waals surface area contributed by atoms with Crippen molar-refractivity contribution in [3.8, 4) is 0 Å². The molecule has 0 atom stereocenters. The summed E-state index contributed by atoms with van der Waals surface area (Å²) >= 11 is 0. The van der Waals surface area contributed by atoms with Crippen molar-refractivity contribution >= 4 is 23.5 Å². The highest BCUT2D eigenvalue weighted by Crippen LogP contribution is 2.11. The predicted octanol–water partition coefficient (Wildman–Crippen LogP) is -0.775. The average molecular weight is 636 g/mol. The fourth-order valence-electron chi connectivity index (χ4n) is 3.93. The van der Waals surface area contributed by atoms with Crippen molar-refractivity contribution in [3.05, 3.63) is 132 Å². The summed E-state index contributed by atoms with van der Waals surface area (Å²) in [6.45, 7) is 1.74. The van der Waals surface area contributed by atoms with Gasteiger partial charge in [0.2, 0.25) is 0 Å². The van der Waals surface area contributed by atoms with Gasteiger partial charge in [-0.1, -0.05) is 72.8 Å². The quantitative estimate of drug-likeness (QED) is 0.177. The molecule has 2 aromatic carbocycles. The number of allylic oxidation sites excluding steroid dienone is 2. The summed E-state index contributed by atoms with van der Waals surface area (Å²) in [7, 11) is 8.24. The molecule has 0 amide bonds. The second kappa shape index (κ2) is 15.3. The number of hydrogen-bond acceptors (Lipinski definition) is 2. The monoisotopic (exact) mass is 634 g/mol. The molecule has 0 aliphatic heterocycles. The second-order valence-electron chi connectivity index (χ2n) is 9.45. The largest absolute Gasteiger partial charge is 1.00 e. The van der Waals surface area contributed by atoms with Crippen molar-refractivity contribution in [2.24, 2.45) is 0 Å². The van der Waals surface area contributed by atoms with Crippen LogP contribution in [0.5, 0.6) is 0 Å². The lowest BCUT2D eigenvalue weighted by atomic mass is 10.1. The summed E-state index contributed by atoms with van der Waals surface area (Å²) in [6.07, 6.45) is 17.0. The van der Waals surface area contributed by atoms with Crippen molar-refractivity contribution in [3.63, 3.8) is 0 Å². The molecule has 0 saturated carbocycles. The smallest absolute Gasteiger partial charge is 0.173 e. The Hall–Kier alpha value is -3.22. The summed E-state index contributed by atoms with van der Waals surface area (Å²) in [5.41, 5.74) is 7.39. The van der Waals surface area contributed by atoms with E-state index in [4.69, 9.17) is 0 Å². The van der Waals surface area contributed by atoms with E-state index in [0.717, 1.165) is 13.1 Å². The van der Waals surface area contributed by atoms with Crippen LogP contribution in [0, 0.1) is 0 Å². The van der Waals surface area contributed by atoms with Crippen LogP contribution >= 0.6 is 0 Å². The molecule has 198 valence electrons. The van der Waals surface area contributed by atoms with Crippen LogP contribution in [0.2, 0.25) is 0 Å². The molecule has 4 rings (SSSR count). The maximum absolute atomic E-state index is 2.20. The zero-order chi connectivity index (χ0) is 25.3. The molecule has 6 heteroatoms. The van der Waals surface area contributed by atoms with Gasteiger partial charge in [0.25, 0.3) is 0 Å². The van der Waals surface area contributed by atoms with Crippen LogP contribution in [0.25, 0.3) is 12.2 Å². The zero-order valence-corrected chi connectivity index (χ0v) is 25.7. The summed E-state index contributed by atoms with van der Waals surface area (Å²) in [6, 6.07) is 26.0. The number of benzene rings is 2. The van der Waals surface area contributed by atoms with E-state index < -0.39 is 0 Å². The molecular formula is C32H36Br2N4. The SMILES string of the molecule is CN(C)c1cc[n+](Cc2ccc(/C=C\C=C\c3ccc(C[n+]4ccc(N(C)C)cc4)cc3)cc2)cc1.[Br-].[Br-]. The Labute approximate surface area is 248 Å². The Kier molecular flexibility index (Phi) is 12.4. The lowest BCUT2D eigenvalue weighted by Crippen LogP contribution is -3.00. The zero-order valence-electron chi connectivity index (χ0n) is 22.5. The van der Waals surface area contributed by atoms with E-state index in [1.165, 1.54) is 33.6 Å². The molecule has 0 aliphatic rings. The van der Waals surface area contributed by atoms with Gasteiger partial charge >= 0.3 is 0 Å². The number of rotatable bonds is 9. The summed E-state index contributed by atoms with van der Waals surface area (Å²) in [5, 5.41) is 0. The van der Waals surface area contributed by atoms with Gasteiger partial charge < -0.3 is 43.8 Å². The molecule has 0 radical (unpaired) electrons. The Morgan fingerprint density at radius 2 is 0.816 bits per heavy atom. The van der Waals surface area contributed by atoms with Gasteiger partial charge in [0.1, 0.15) is 0 Å². The highest BCUT2D eigenvalue weighted by Gasteiger charge is 2.05. The number of halogens is 2. The summed E-state index contributed by atoms with van der Waals surface area (Å²) < 4.78 is 4.40. The van der Waals surface area contributed by atoms with Crippen LogP contribution in [-0.4, -0.2) is 28.2 Å². The first-order valence-electron chi connectivity index (χ1n) is 12.3. The minimum Gasteiger partial charge on any atom is -1.00 e. The average Bonchev–Trinajstić information content (AvgIpc) is 2.89. The second-order valence-corrected chi connectivity index (χ2v) is 9.45.